The van der Waals surface area contributed by atoms with Gasteiger partial charge in [-0.1, -0.05) is 17.7 Å². The van der Waals surface area contributed by atoms with E-state index in [1.165, 1.54) is 0 Å². The predicted octanol–water partition coefficient (Wildman–Crippen LogP) is 4.42. The fourth-order valence-corrected chi connectivity index (χ4v) is 7.78. The van der Waals surface area contributed by atoms with E-state index in [9.17, 15) is 14.7 Å². The van der Waals surface area contributed by atoms with Crippen LogP contribution in [0.2, 0.25) is 5.02 Å². The highest BCUT2D eigenvalue weighted by Gasteiger charge is 2.46. The van der Waals surface area contributed by atoms with Crippen LogP contribution in [-0.2, 0) is 16.1 Å². The van der Waals surface area contributed by atoms with Crippen LogP contribution in [0, 0.1) is 18.6 Å². The molecule has 0 saturated carbocycles. The van der Waals surface area contributed by atoms with Crippen molar-refractivity contribution in [2.24, 2.45) is 0 Å². The van der Waals surface area contributed by atoms with Gasteiger partial charge >= 0.3 is 0 Å². The molecule has 2 aromatic carbocycles. The summed E-state index contributed by atoms with van der Waals surface area (Å²) in [6, 6.07) is 8.07. The number of nitrogens with zero attached hydrogens (tertiary/aromatic N) is 7. The zero-order valence-electron chi connectivity index (χ0n) is 30.1. The first-order valence-electron chi connectivity index (χ1n) is 17.3. The largest absolute Gasteiger partial charge is 0.387 e. The highest BCUT2D eigenvalue weighted by Crippen LogP contribution is 2.38. The number of carbonyl (C=O) groups excluding carboxylic acids is 2. The molecule has 11 nitrogen and oxygen atoms in total. The third-order valence-corrected chi connectivity index (χ3v) is 10.9. The van der Waals surface area contributed by atoms with Crippen LogP contribution in [0.15, 0.2) is 42.7 Å². The van der Waals surface area contributed by atoms with Crippen LogP contribution in [0.25, 0.3) is 16.8 Å². The van der Waals surface area contributed by atoms with Crippen LogP contribution >= 0.6 is 11.6 Å². The Bertz CT molecular complexity index is 1840. The molecule has 2 amide bonds. The number of aryl methyl sites for hydroxylation is 2. The number of aliphatic hydroxyl groups is 1. The molecule has 2 saturated heterocycles. The number of likely N-dealkylation sites (tertiary alicyclic amines) is 1. The molecular weight excluding hydrogens is 680 g/mol. The molecule has 3 atom stereocenters. The van der Waals surface area contributed by atoms with Gasteiger partial charge in [-0.05, 0) is 44.5 Å². The maximum Gasteiger partial charge on any atom is 0.281 e. The number of quaternary nitrogens is 1. The minimum atomic E-state index is -0.949. The Morgan fingerprint density at radius 1 is 1.04 bits per heavy atom. The molecule has 3 aliphatic rings. The molecule has 0 spiro atoms. The first-order chi connectivity index (χ1) is 24.2. The normalized spacial score (nSPS) is 21.8. The van der Waals surface area contributed by atoms with Crippen LogP contribution in [0.3, 0.4) is 0 Å². The molecule has 1 aromatic heterocycles. The van der Waals surface area contributed by atoms with E-state index >= 15 is 8.78 Å². The molecule has 3 aromatic rings. The van der Waals surface area contributed by atoms with E-state index in [-0.39, 0.29) is 40.2 Å². The van der Waals surface area contributed by atoms with Crippen LogP contribution in [0.4, 0.5) is 14.5 Å². The number of carbonyl (C=O) groups is 2. The number of amides is 2. The smallest absolute Gasteiger partial charge is 0.281 e. The number of piperazine rings is 1. The average Bonchev–Trinajstić information content (AvgIpc) is 3.71. The summed E-state index contributed by atoms with van der Waals surface area (Å²) in [6.07, 6.45) is 3.93. The fraction of sp³-hybridized carbons (Fsp3) is 0.486. The summed E-state index contributed by atoms with van der Waals surface area (Å²) in [5, 5.41) is 14.9. The summed E-state index contributed by atoms with van der Waals surface area (Å²) in [5.74, 6) is -2.10. The SMILES string of the molecule is COCCCn1cc(-c2ccc(C3=CN(c4ccc(C(=O)N5CCN(C(=O)[C@@H]6C[C@@H](O)C[N+]6(C)C)CC5)c(Cl)c4)C(C)N3C)c(F)c2F)c(C)n1. The number of halogens is 3. The van der Waals surface area contributed by atoms with Crippen LogP contribution in [-0.4, -0.2) is 132 Å². The molecule has 3 aliphatic heterocycles. The molecule has 1 unspecified atom stereocenters. The number of hydrogen-bond acceptors (Lipinski definition) is 7. The van der Waals surface area contributed by atoms with Gasteiger partial charge < -0.3 is 33.9 Å². The van der Waals surface area contributed by atoms with Gasteiger partial charge in [0.15, 0.2) is 17.7 Å². The van der Waals surface area contributed by atoms with E-state index in [2.05, 4.69) is 5.10 Å². The maximum atomic E-state index is 15.8. The van der Waals surface area contributed by atoms with Gasteiger partial charge in [0, 0.05) is 94.7 Å². The number of hydrogen-bond donors (Lipinski definition) is 1. The molecule has 0 aliphatic carbocycles. The van der Waals surface area contributed by atoms with Gasteiger partial charge in [-0.15, -0.1) is 0 Å². The quantitative estimate of drug-likeness (QED) is 0.258. The van der Waals surface area contributed by atoms with Crippen molar-refractivity contribution >= 4 is 34.8 Å². The third kappa shape index (κ3) is 7.09. The van der Waals surface area contributed by atoms with Crippen molar-refractivity contribution in [3.05, 3.63) is 76.2 Å². The second-order valence-electron chi connectivity index (χ2n) is 14.3. The molecule has 4 heterocycles. The molecule has 0 bridgehead atoms. The predicted molar refractivity (Wildman–Crippen MR) is 192 cm³/mol. The minimum Gasteiger partial charge on any atom is -0.387 e. The number of aromatic nitrogens is 2. The first kappa shape index (κ1) is 36.7. The van der Waals surface area contributed by atoms with E-state index in [0.29, 0.717) is 85.0 Å². The van der Waals surface area contributed by atoms with Gasteiger partial charge in [-0.3, -0.25) is 14.3 Å². The lowest BCUT2D eigenvalue weighted by Gasteiger charge is -2.38. The van der Waals surface area contributed by atoms with Crippen LogP contribution in [0.1, 0.15) is 41.4 Å². The average molecular weight is 727 g/mol. The lowest BCUT2D eigenvalue weighted by atomic mass is 10.0. The van der Waals surface area contributed by atoms with E-state index < -0.39 is 17.7 Å². The number of ether oxygens (including phenoxy) is 1. The molecule has 2 fully saturated rings. The number of likely N-dealkylation sites (N-methyl/N-ethyl adjacent to an activating group) is 1. The van der Waals surface area contributed by atoms with Crippen molar-refractivity contribution in [1.82, 2.24) is 24.5 Å². The van der Waals surface area contributed by atoms with E-state index in [4.69, 9.17) is 16.3 Å². The second-order valence-corrected chi connectivity index (χ2v) is 14.7. The molecule has 0 radical (unpaired) electrons. The fourth-order valence-electron chi connectivity index (χ4n) is 7.53. The van der Waals surface area contributed by atoms with Crippen molar-refractivity contribution in [1.29, 1.82) is 0 Å². The number of rotatable bonds is 9. The lowest BCUT2D eigenvalue weighted by Crippen LogP contribution is -2.58. The number of methoxy groups -OCH3 is 1. The Balaban J connectivity index is 1.15. The summed E-state index contributed by atoms with van der Waals surface area (Å²) in [6.45, 7) is 7.01. The maximum absolute atomic E-state index is 15.8. The van der Waals surface area contributed by atoms with E-state index in [1.54, 1.807) is 71.2 Å². The highest BCUT2D eigenvalue weighted by atomic mass is 35.5. The second kappa shape index (κ2) is 14.5. The molecular formula is C37H47ClF2N7O4+. The molecule has 14 heteroatoms. The summed E-state index contributed by atoms with van der Waals surface area (Å²) in [7, 11) is 7.37. The minimum absolute atomic E-state index is 0.0123. The van der Waals surface area contributed by atoms with Gasteiger partial charge in [-0.2, -0.15) is 5.10 Å². The monoisotopic (exact) mass is 726 g/mol. The van der Waals surface area contributed by atoms with Crippen molar-refractivity contribution in [3.63, 3.8) is 0 Å². The van der Waals surface area contributed by atoms with Gasteiger partial charge in [0.2, 0.25) is 0 Å². The zero-order chi connectivity index (χ0) is 36.8. The summed E-state index contributed by atoms with van der Waals surface area (Å²) < 4.78 is 38.7. The highest BCUT2D eigenvalue weighted by molar-refractivity contribution is 6.34. The van der Waals surface area contributed by atoms with Gasteiger partial charge in [0.1, 0.15) is 18.8 Å². The molecule has 1 N–H and O–H groups in total. The summed E-state index contributed by atoms with van der Waals surface area (Å²) in [5.41, 5.74) is 2.95. The van der Waals surface area contributed by atoms with Gasteiger partial charge in [-0.25, -0.2) is 8.78 Å². The Morgan fingerprint density at radius 2 is 1.71 bits per heavy atom. The number of benzene rings is 2. The Hall–Kier alpha value is -4.04. The van der Waals surface area contributed by atoms with Crippen LogP contribution < -0.4 is 4.90 Å². The van der Waals surface area contributed by atoms with Crippen molar-refractivity contribution in [2.75, 3.05) is 72.5 Å². The first-order valence-corrected chi connectivity index (χ1v) is 17.7. The van der Waals surface area contributed by atoms with Crippen molar-refractivity contribution < 1.29 is 32.7 Å². The Kier molecular flexibility index (Phi) is 10.5. The molecule has 6 rings (SSSR count). The van der Waals surface area contributed by atoms with Gasteiger partial charge in [0.05, 0.1) is 36.1 Å². The Labute approximate surface area is 302 Å². The van der Waals surface area contributed by atoms with Gasteiger partial charge in [0.25, 0.3) is 11.8 Å². The number of aliphatic hydroxyl groups excluding tert-OH is 1. The van der Waals surface area contributed by atoms with E-state index in [1.807, 2.05) is 37.9 Å². The lowest BCUT2D eigenvalue weighted by molar-refractivity contribution is -0.894. The summed E-state index contributed by atoms with van der Waals surface area (Å²) >= 11 is 6.72. The molecule has 274 valence electrons. The zero-order valence-corrected chi connectivity index (χ0v) is 30.8. The standard InChI is InChI=1S/C37H47ClF2N7O4/c1-23-30(20-45(41-23)12-7-17-51-6)27-10-11-29(35(40)34(27)39)32-21-46(24(2)42(32)3)25-8-9-28(31(38)18-25)36(49)43-13-15-44(16-14-43)37(50)33-19-26(48)22-47(33,4)5/h8-11,18,20-21,24,26,33,48H,7,12-17,19,22H2,1-6H3/q+1/t24?,26-,33+/m1/s1. The van der Waals surface area contributed by atoms with E-state index in [0.717, 1.165) is 6.42 Å². The third-order valence-electron chi connectivity index (χ3n) is 10.6. The topological polar surface area (TPSA) is 94.4 Å². The number of anilines is 1. The summed E-state index contributed by atoms with van der Waals surface area (Å²) in [4.78, 5) is 34.1. The van der Waals surface area contributed by atoms with Crippen molar-refractivity contribution in [2.45, 2.75) is 51.5 Å². The molecule has 51 heavy (non-hydrogen) atoms. The Morgan fingerprint density at radius 3 is 2.35 bits per heavy atom. The van der Waals surface area contributed by atoms with Crippen LogP contribution in [0.5, 0.6) is 0 Å². The van der Waals surface area contributed by atoms with Crippen molar-refractivity contribution in [3.8, 4) is 11.1 Å².